The molecule has 0 saturated heterocycles. The fraction of sp³-hybridized carbons (Fsp3) is 0.833. The molecule has 1 atom stereocenters. The molecule has 0 spiro atoms. The Morgan fingerprint density at radius 1 is 1.47 bits per heavy atom. The summed E-state index contributed by atoms with van der Waals surface area (Å²) in [6, 6.07) is 0.0957. The summed E-state index contributed by atoms with van der Waals surface area (Å²) in [4.78, 5) is 23.8. The molecule has 0 aromatic heterocycles. The molecule has 0 bridgehead atoms. The molecule has 100 valence electrons. The predicted molar refractivity (Wildman–Crippen MR) is 66.8 cm³/mol. The molecule has 0 fully saturated rings. The highest BCUT2D eigenvalue weighted by Crippen LogP contribution is 2.12. The third kappa shape index (κ3) is 6.81. The van der Waals surface area contributed by atoms with E-state index in [1.54, 1.807) is 4.90 Å². The first-order valence-electron chi connectivity index (χ1n) is 5.98. The van der Waals surface area contributed by atoms with E-state index < -0.39 is 5.60 Å². The van der Waals surface area contributed by atoms with Crippen LogP contribution in [0.3, 0.4) is 0 Å². The number of rotatable bonds is 6. The van der Waals surface area contributed by atoms with Crippen LogP contribution in [0.25, 0.3) is 0 Å². The summed E-state index contributed by atoms with van der Waals surface area (Å²) in [6.07, 6.45) is 1.14. The summed E-state index contributed by atoms with van der Waals surface area (Å²) < 4.78 is 5.32. The SMILES string of the molecule is CC[C@H](C)N(CCNC=O)C(=O)OC(C)(C)C. The summed E-state index contributed by atoms with van der Waals surface area (Å²) in [5, 5.41) is 2.55. The van der Waals surface area contributed by atoms with Crippen molar-refractivity contribution in [1.82, 2.24) is 10.2 Å². The van der Waals surface area contributed by atoms with Gasteiger partial charge in [-0.3, -0.25) is 4.79 Å². The summed E-state index contributed by atoms with van der Waals surface area (Å²) in [5.41, 5.74) is -0.499. The van der Waals surface area contributed by atoms with Gasteiger partial charge >= 0.3 is 6.09 Å². The summed E-state index contributed by atoms with van der Waals surface area (Å²) in [6.45, 7) is 10.4. The second-order valence-corrected chi connectivity index (χ2v) is 5.00. The lowest BCUT2D eigenvalue weighted by Gasteiger charge is -2.31. The van der Waals surface area contributed by atoms with Gasteiger partial charge in [0.05, 0.1) is 0 Å². The smallest absolute Gasteiger partial charge is 0.410 e. The second kappa shape index (κ2) is 7.14. The van der Waals surface area contributed by atoms with Gasteiger partial charge < -0.3 is 15.0 Å². The normalized spacial score (nSPS) is 12.8. The van der Waals surface area contributed by atoms with Gasteiger partial charge in [0.15, 0.2) is 0 Å². The van der Waals surface area contributed by atoms with E-state index in [-0.39, 0.29) is 12.1 Å². The molecule has 5 heteroatoms. The van der Waals surface area contributed by atoms with Crippen molar-refractivity contribution in [2.75, 3.05) is 13.1 Å². The van der Waals surface area contributed by atoms with Gasteiger partial charge in [-0.1, -0.05) is 6.92 Å². The van der Waals surface area contributed by atoms with Crippen LogP contribution in [-0.4, -0.2) is 42.1 Å². The maximum Gasteiger partial charge on any atom is 0.410 e. The Kier molecular flexibility index (Phi) is 6.61. The highest BCUT2D eigenvalue weighted by Gasteiger charge is 2.24. The fourth-order valence-electron chi connectivity index (χ4n) is 1.28. The second-order valence-electron chi connectivity index (χ2n) is 5.00. The monoisotopic (exact) mass is 244 g/mol. The number of hydrogen-bond donors (Lipinski definition) is 1. The average molecular weight is 244 g/mol. The minimum absolute atomic E-state index is 0.0957. The fourth-order valence-corrected chi connectivity index (χ4v) is 1.28. The molecule has 0 aliphatic rings. The molecule has 0 radical (unpaired) electrons. The third-order valence-electron chi connectivity index (χ3n) is 2.33. The number of carbonyl (C=O) groups is 2. The number of ether oxygens (including phenoxy) is 1. The highest BCUT2D eigenvalue weighted by molar-refractivity contribution is 5.68. The van der Waals surface area contributed by atoms with Crippen molar-refractivity contribution >= 4 is 12.5 Å². The quantitative estimate of drug-likeness (QED) is 0.572. The Hall–Kier alpha value is -1.26. The van der Waals surface area contributed by atoms with Gasteiger partial charge in [0.1, 0.15) is 5.60 Å². The van der Waals surface area contributed by atoms with Gasteiger partial charge in [-0.15, -0.1) is 0 Å². The first-order chi connectivity index (χ1) is 7.81. The number of nitrogens with one attached hydrogen (secondary N) is 1. The van der Waals surface area contributed by atoms with E-state index in [2.05, 4.69) is 5.32 Å². The Morgan fingerprint density at radius 3 is 2.47 bits per heavy atom. The Morgan fingerprint density at radius 2 is 2.06 bits per heavy atom. The van der Waals surface area contributed by atoms with Crippen molar-refractivity contribution in [3.05, 3.63) is 0 Å². The van der Waals surface area contributed by atoms with Crippen LogP contribution in [-0.2, 0) is 9.53 Å². The van der Waals surface area contributed by atoms with Crippen molar-refractivity contribution in [1.29, 1.82) is 0 Å². The number of carbonyl (C=O) groups excluding carboxylic acids is 2. The van der Waals surface area contributed by atoms with Crippen LogP contribution in [0.2, 0.25) is 0 Å². The molecule has 0 rings (SSSR count). The van der Waals surface area contributed by atoms with Gasteiger partial charge in [-0.2, -0.15) is 0 Å². The lowest BCUT2D eigenvalue weighted by atomic mass is 10.2. The molecule has 17 heavy (non-hydrogen) atoms. The van der Waals surface area contributed by atoms with Gasteiger partial charge in [-0.05, 0) is 34.1 Å². The number of amides is 2. The molecule has 0 heterocycles. The van der Waals surface area contributed by atoms with Crippen LogP contribution in [0, 0.1) is 0 Å². The van der Waals surface area contributed by atoms with Gasteiger partial charge in [0.25, 0.3) is 0 Å². The van der Waals surface area contributed by atoms with Crippen molar-refractivity contribution in [3.8, 4) is 0 Å². The van der Waals surface area contributed by atoms with E-state index >= 15 is 0 Å². The molecule has 0 aromatic rings. The largest absolute Gasteiger partial charge is 0.444 e. The molecular weight excluding hydrogens is 220 g/mol. The lowest BCUT2D eigenvalue weighted by molar-refractivity contribution is -0.109. The van der Waals surface area contributed by atoms with Crippen LogP contribution >= 0.6 is 0 Å². The van der Waals surface area contributed by atoms with Crippen molar-refractivity contribution < 1.29 is 14.3 Å². The number of hydrogen-bond acceptors (Lipinski definition) is 3. The van der Waals surface area contributed by atoms with Crippen LogP contribution in [0.5, 0.6) is 0 Å². The van der Waals surface area contributed by atoms with Crippen LogP contribution in [0.15, 0.2) is 0 Å². The zero-order valence-corrected chi connectivity index (χ0v) is 11.4. The van der Waals surface area contributed by atoms with Crippen molar-refractivity contribution in [2.24, 2.45) is 0 Å². The van der Waals surface area contributed by atoms with Crippen LogP contribution < -0.4 is 5.32 Å². The maximum atomic E-state index is 11.9. The molecule has 0 saturated carbocycles. The Labute approximate surface area is 103 Å². The van der Waals surface area contributed by atoms with Gasteiger partial charge in [0.2, 0.25) is 6.41 Å². The molecule has 0 unspecified atom stereocenters. The topological polar surface area (TPSA) is 58.6 Å². The molecule has 1 N–H and O–H groups in total. The van der Waals surface area contributed by atoms with E-state index in [0.29, 0.717) is 19.5 Å². The number of nitrogens with zero attached hydrogens (tertiary/aromatic N) is 1. The highest BCUT2D eigenvalue weighted by atomic mass is 16.6. The summed E-state index contributed by atoms with van der Waals surface area (Å²) >= 11 is 0. The summed E-state index contributed by atoms with van der Waals surface area (Å²) in [5.74, 6) is 0. The maximum absolute atomic E-state index is 11.9. The van der Waals surface area contributed by atoms with E-state index in [9.17, 15) is 9.59 Å². The minimum atomic E-state index is -0.499. The van der Waals surface area contributed by atoms with Gasteiger partial charge in [-0.25, -0.2) is 4.79 Å². The van der Waals surface area contributed by atoms with E-state index in [1.807, 2.05) is 34.6 Å². The average Bonchev–Trinajstić information content (AvgIpc) is 2.20. The Bertz CT molecular complexity index is 249. The van der Waals surface area contributed by atoms with E-state index in [4.69, 9.17) is 4.74 Å². The third-order valence-corrected chi connectivity index (χ3v) is 2.33. The first kappa shape index (κ1) is 15.7. The zero-order valence-electron chi connectivity index (χ0n) is 11.4. The van der Waals surface area contributed by atoms with Crippen molar-refractivity contribution in [3.63, 3.8) is 0 Å². The van der Waals surface area contributed by atoms with E-state index in [0.717, 1.165) is 6.42 Å². The standard InChI is InChI=1S/C12H24N2O3/c1-6-10(2)14(8-7-13-9-15)11(16)17-12(3,4)5/h9-10H,6-8H2,1-5H3,(H,13,15)/t10-/m0/s1. The first-order valence-corrected chi connectivity index (χ1v) is 5.98. The Balaban J connectivity index is 4.45. The van der Waals surface area contributed by atoms with E-state index in [1.165, 1.54) is 0 Å². The molecule has 0 aromatic carbocycles. The van der Waals surface area contributed by atoms with Crippen LogP contribution in [0.4, 0.5) is 4.79 Å². The van der Waals surface area contributed by atoms with Gasteiger partial charge in [0, 0.05) is 19.1 Å². The zero-order chi connectivity index (χ0) is 13.5. The molecule has 5 nitrogen and oxygen atoms in total. The van der Waals surface area contributed by atoms with Crippen LogP contribution in [0.1, 0.15) is 41.0 Å². The predicted octanol–water partition coefficient (Wildman–Crippen LogP) is 1.77. The molecular formula is C12H24N2O3. The molecule has 0 aliphatic heterocycles. The van der Waals surface area contributed by atoms with Crippen molar-refractivity contribution in [2.45, 2.75) is 52.7 Å². The molecule has 2 amide bonds. The lowest BCUT2D eigenvalue weighted by Crippen LogP contribution is -2.44. The minimum Gasteiger partial charge on any atom is -0.444 e. The summed E-state index contributed by atoms with van der Waals surface area (Å²) in [7, 11) is 0. The molecule has 0 aliphatic carbocycles.